The summed E-state index contributed by atoms with van der Waals surface area (Å²) in [4.78, 5) is 0. The average molecular weight is 197 g/mol. The van der Waals surface area contributed by atoms with Crippen LogP contribution in [0.1, 0.15) is 13.3 Å². The lowest BCUT2D eigenvalue weighted by molar-refractivity contribution is 0.103. The molecule has 1 rings (SSSR count). The SMILES string of the molecule is CCC(O)COc1ccc(N)cc1O. The third kappa shape index (κ3) is 2.81. The Labute approximate surface area is 82.9 Å². The van der Waals surface area contributed by atoms with Crippen molar-refractivity contribution in [1.29, 1.82) is 0 Å². The van der Waals surface area contributed by atoms with Gasteiger partial charge in [0.05, 0.1) is 6.10 Å². The van der Waals surface area contributed by atoms with Crippen molar-refractivity contribution in [3.63, 3.8) is 0 Å². The van der Waals surface area contributed by atoms with Gasteiger partial charge in [0.15, 0.2) is 11.5 Å². The Morgan fingerprint density at radius 1 is 1.50 bits per heavy atom. The van der Waals surface area contributed by atoms with Crippen molar-refractivity contribution in [3.05, 3.63) is 18.2 Å². The first-order chi connectivity index (χ1) is 6.63. The molecule has 0 aromatic heterocycles. The van der Waals surface area contributed by atoms with E-state index < -0.39 is 6.10 Å². The maximum atomic E-state index is 9.39. The highest BCUT2D eigenvalue weighted by molar-refractivity contribution is 5.51. The van der Waals surface area contributed by atoms with Gasteiger partial charge in [-0.1, -0.05) is 6.92 Å². The minimum Gasteiger partial charge on any atom is -0.504 e. The molecule has 0 aliphatic carbocycles. The van der Waals surface area contributed by atoms with E-state index in [-0.39, 0.29) is 12.4 Å². The van der Waals surface area contributed by atoms with Gasteiger partial charge in [-0.2, -0.15) is 0 Å². The Kier molecular flexibility index (Phi) is 3.59. The molecule has 0 bridgehead atoms. The van der Waals surface area contributed by atoms with E-state index in [1.54, 1.807) is 12.1 Å². The van der Waals surface area contributed by atoms with Gasteiger partial charge in [-0.25, -0.2) is 0 Å². The largest absolute Gasteiger partial charge is 0.504 e. The van der Waals surface area contributed by atoms with Crippen LogP contribution < -0.4 is 10.5 Å². The van der Waals surface area contributed by atoms with Crippen LogP contribution in [-0.2, 0) is 0 Å². The zero-order valence-electron chi connectivity index (χ0n) is 8.10. The van der Waals surface area contributed by atoms with Crippen molar-refractivity contribution in [2.45, 2.75) is 19.4 Å². The monoisotopic (exact) mass is 197 g/mol. The second-order valence-electron chi connectivity index (χ2n) is 3.10. The van der Waals surface area contributed by atoms with E-state index in [4.69, 9.17) is 10.5 Å². The number of hydrogen-bond donors (Lipinski definition) is 3. The number of benzene rings is 1. The van der Waals surface area contributed by atoms with Crippen LogP contribution in [0.5, 0.6) is 11.5 Å². The summed E-state index contributed by atoms with van der Waals surface area (Å²) >= 11 is 0. The third-order valence-corrected chi connectivity index (χ3v) is 1.89. The number of phenolic OH excluding ortho intramolecular Hbond substituents is 1. The molecule has 78 valence electrons. The van der Waals surface area contributed by atoms with Crippen molar-refractivity contribution in [2.75, 3.05) is 12.3 Å². The Balaban J connectivity index is 2.59. The first-order valence-electron chi connectivity index (χ1n) is 4.52. The van der Waals surface area contributed by atoms with Gasteiger partial charge in [0.1, 0.15) is 6.61 Å². The van der Waals surface area contributed by atoms with Crippen LogP contribution in [0, 0.1) is 0 Å². The number of hydrogen-bond acceptors (Lipinski definition) is 4. The molecule has 0 saturated heterocycles. The van der Waals surface area contributed by atoms with Crippen LogP contribution in [0.2, 0.25) is 0 Å². The van der Waals surface area contributed by atoms with Gasteiger partial charge in [-0.15, -0.1) is 0 Å². The summed E-state index contributed by atoms with van der Waals surface area (Å²) in [5.74, 6) is 0.333. The van der Waals surface area contributed by atoms with Crippen LogP contribution in [0.15, 0.2) is 18.2 Å². The first kappa shape index (κ1) is 10.7. The zero-order chi connectivity index (χ0) is 10.6. The smallest absolute Gasteiger partial charge is 0.161 e. The summed E-state index contributed by atoms with van der Waals surface area (Å²) in [6.07, 6.45) is 0.113. The summed E-state index contributed by atoms with van der Waals surface area (Å²) in [5.41, 5.74) is 5.92. The van der Waals surface area contributed by atoms with E-state index in [1.165, 1.54) is 6.07 Å². The Bertz CT molecular complexity index is 301. The summed E-state index contributed by atoms with van der Waals surface area (Å²) in [7, 11) is 0. The number of aromatic hydroxyl groups is 1. The predicted molar refractivity (Wildman–Crippen MR) is 54.3 cm³/mol. The third-order valence-electron chi connectivity index (χ3n) is 1.89. The number of rotatable bonds is 4. The van der Waals surface area contributed by atoms with Crippen molar-refractivity contribution in [1.82, 2.24) is 0 Å². The molecule has 0 aliphatic heterocycles. The highest BCUT2D eigenvalue weighted by Crippen LogP contribution is 2.27. The number of ether oxygens (including phenoxy) is 1. The number of nitrogen functional groups attached to an aromatic ring is 1. The molecule has 4 heteroatoms. The lowest BCUT2D eigenvalue weighted by atomic mass is 10.2. The van der Waals surface area contributed by atoms with Crippen LogP contribution in [0.4, 0.5) is 5.69 Å². The minimum absolute atomic E-state index is 0.00620. The lowest BCUT2D eigenvalue weighted by Gasteiger charge is -2.11. The van der Waals surface area contributed by atoms with Gasteiger partial charge in [0.2, 0.25) is 0 Å². The van der Waals surface area contributed by atoms with Crippen molar-refractivity contribution in [2.24, 2.45) is 0 Å². The molecular weight excluding hydrogens is 182 g/mol. The molecule has 1 atom stereocenters. The molecule has 0 radical (unpaired) electrons. The van der Waals surface area contributed by atoms with Crippen LogP contribution in [0.3, 0.4) is 0 Å². The van der Waals surface area contributed by atoms with Crippen LogP contribution in [0.25, 0.3) is 0 Å². The minimum atomic E-state index is -0.507. The van der Waals surface area contributed by atoms with E-state index in [0.717, 1.165) is 0 Å². The number of nitrogens with two attached hydrogens (primary N) is 1. The molecule has 0 saturated carbocycles. The molecule has 1 unspecified atom stereocenters. The van der Waals surface area contributed by atoms with Crippen molar-refractivity contribution < 1.29 is 14.9 Å². The van der Waals surface area contributed by atoms with Gasteiger partial charge >= 0.3 is 0 Å². The molecular formula is C10H15NO3. The van der Waals surface area contributed by atoms with Gasteiger partial charge in [0, 0.05) is 11.8 Å². The summed E-state index contributed by atoms with van der Waals surface area (Å²) < 4.78 is 5.19. The number of anilines is 1. The van der Waals surface area contributed by atoms with E-state index in [9.17, 15) is 10.2 Å². The van der Waals surface area contributed by atoms with Crippen LogP contribution in [-0.4, -0.2) is 22.9 Å². The van der Waals surface area contributed by atoms with Gasteiger partial charge in [-0.3, -0.25) is 0 Å². The fourth-order valence-electron chi connectivity index (χ4n) is 0.960. The van der Waals surface area contributed by atoms with Gasteiger partial charge in [0.25, 0.3) is 0 Å². The second-order valence-corrected chi connectivity index (χ2v) is 3.10. The number of aliphatic hydroxyl groups excluding tert-OH is 1. The normalized spacial score (nSPS) is 12.4. The maximum Gasteiger partial charge on any atom is 0.161 e. The Hall–Kier alpha value is -1.42. The standard InChI is InChI=1S/C10H15NO3/c1-2-8(12)6-14-10-4-3-7(11)5-9(10)13/h3-5,8,12-13H,2,6,11H2,1H3. The quantitative estimate of drug-likeness (QED) is 0.632. The Morgan fingerprint density at radius 3 is 2.79 bits per heavy atom. The maximum absolute atomic E-state index is 9.39. The molecule has 4 nitrogen and oxygen atoms in total. The second kappa shape index (κ2) is 4.72. The zero-order valence-corrected chi connectivity index (χ0v) is 8.10. The van der Waals surface area contributed by atoms with E-state index in [0.29, 0.717) is 17.9 Å². The summed E-state index contributed by atoms with van der Waals surface area (Å²) in [6, 6.07) is 4.62. The van der Waals surface area contributed by atoms with E-state index >= 15 is 0 Å². The molecule has 0 spiro atoms. The topological polar surface area (TPSA) is 75.7 Å². The van der Waals surface area contributed by atoms with Gasteiger partial charge in [-0.05, 0) is 18.6 Å². The molecule has 1 aromatic rings. The number of phenols is 1. The summed E-state index contributed by atoms with van der Waals surface area (Å²) in [6.45, 7) is 2.03. The predicted octanol–water partition coefficient (Wildman–Crippen LogP) is 1.12. The fraction of sp³-hybridized carbons (Fsp3) is 0.400. The van der Waals surface area contributed by atoms with Crippen molar-refractivity contribution >= 4 is 5.69 Å². The van der Waals surface area contributed by atoms with E-state index in [1.807, 2.05) is 6.92 Å². The molecule has 0 amide bonds. The molecule has 14 heavy (non-hydrogen) atoms. The highest BCUT2D eigenvalue weighted by Gasteiger charge is 2.05. The fourth-order valence-corrected chi connectivity index (χ4v) is 0.960. The van der Waals surface area contributed by atoms with Gasteiger partial charge < -0.3 is 20.7 Å². The van der Waals surface area contributed by atoms with E-state index in [2.05, 4.69) is 0 Å². The first-order valence-corrected chi connectivity index (χ1v) is 4.52. The van der Waals surface area contributed by atoms with Crippen LogP contribution >= 0.6 is 0 Å². The molecule has 0 fully saturated rings. The average Bonchev–Trinajstić information content (AvgIpc) is 2.16. The summed E-state index contributed by atoms with van der Waals surface area (Å²) in [5, 5.41) is 18.6. The molecule has 4 N–H and O–H groups in total. The molecule has 0 heterocycles. The lowest BCUT2D eigenvalue weighted by Crippen LogP contribution is -2.16. The van der Waals surface area contributed by atoms with Crippen molar-refractivity contribution in [3.8, 4) is 11.5 Å². The molecule has 0 aliphatic rings. The number of aliphatic hydroxyl groups is 1. The Morgan fingerprint density at radius 2 is 2.21 bits per heavy atom. The highest BCUT2D eigenvalue weighted by atomic mass is 16.5. The molecule has 1 aromatic carbocycles.